The molecule has 2 fully saturated rings. The fraction of sp³-hybridized carbons (Fsp3) is 0.478. The van der Waals surface area contributed by atoms with E-state index in [1.807, 2.05) is 36.5 Å². The number of nitrogens with zero attached hydrogens (tertiary/aromatic N) is 5. The molecule has 1 aromatic carbocycles. The molecule has 0 spiro atoms. The first-order valence-corrected chi connectivity index (χ1v) is 10.8. The molecule has 2 aromatic rings. The third-order valence-electron chi connectivity index (χ3n) is 5.63. The van der Waals surface area contributed by atoms with Crippen molar-refractivity contribution in [3.63, 3.8) is 0 Å². The van der Waals surface area contributed by atoms with Crippen LogP contribution in [-0.2, 0) is 6.54 Å². The molecule has 2 saturated heterocycles. The number of nitrogens with two attached hydrogens (primary N) is 1. The van der Waals surface area contributed by atoms with Gasteiger partial charge in [-0.25, -0.2) is 9.83 Å². The number of piperazine rings is 2. The highest BCUT2D eigenvalue weighted by molar-refractivity contribution is 5.55. The molecule has 0 aliphatic carbocycles. The molecule has 0 bridgehead atoms. The normalized spacial score (nSPS) is 17.7. The average molecular weight is 408 g/mol. The van der Waals surface area contributed by atoms with Gasteiger partial charge in [-0.3, -0.25) is 4.90 Å². The standard InChI is InChI=1S/C12H20N4.C11H13N3/c1-2-15-5-7-16(8-6-15)10-11-3-4-12(13)14-9-11;1-12-10-2-4-11(5-3-10)14-8-6-13-7-9-14/h3-4,9H,2,5-8,10H2,1H3,(H2,13,14);2-5,13H,6-9H2. The molecule has 30 heavy (non-hydrogen) atoms. The molecule has 0 saturated carbocycles. The Morgan fingerprint density at radius 3 is 2.20 bits per heavy atom. The smallest absolute Gasteiger partial charge is 0.187 e. The van der Waals surface area contributed by atoms with Crippen molar-refractivity contribution < 1.29 is 0 Å². The predicted octanol–water partition coefficient (Wildman–Crippen LogP) is 2.45. The summed E-state index contributed by atoms with van der Waals surface area (Å²) < 4.78 is 0. The molecular formula is C23H33N7. The first-order chi connectivity index (χ1) is 14.7. The van der Waals surface area contributed by atoms with Crippen molar-refractivity contribution in [1.82, 2.24) is 20.1 Å². The molecule has 7 nitrogen and oxygen atoms in total. The molecule has 4 rings (SSSR count). The molecular weight excluding hydrogens is 374 g/mol. The van der Waals surface area contributed by atoms with Gasteiger partial charge in [0, 0.05) is 70.8 Å². The lowest BCUT2D eigenvalue weighted by atomic mass is 10.2. The van der Waals surface area contributed by atoms with E-state index >= 15 is 0 Å². The van der Waals surface area contributed by atoms with Crippen molar-refractivity contribution in [2.75, 3.05) is 69.5 Å². The summed E-state index contributed by atoms with van der Waals surface area (Å²) in [6.07, 6.45) is 1.88. The van der Waals surface area contributed by atoms with Crippen molar-refractivity contribution in [3.05, 3.63) is 59.6 Å². The zero-order valence-electron chi connectivity index (χ0n) is 17.9. The third-order valence-corrected chi connectivity index (χ3v) is 5.63. The lowest BCUT2D eigenvalue weighted by Crippen LogP contribution is -2.45. The zero-order valence-corrected chi connectivity index (χ0v) is 17.9. The molecule has 3 heterocycles. The van der Waals surface area contributed by atoms with Crippen LogP contribution in [0.4, 0.5) is 17.2 Å². The summed E-state index contributed by atoms with van der Waals surface area (Å²) in [5, 5.41) is 3.32. The van der Waals surface area contributed by atoms with E-state index < -0.39 is 0 Å². The summed E-state index contributed by atoms with van der Waals surface area (Å²) in [6, 6.07) is 11.7. The molecule has 2 aliphatic rings. The quantitative estimate of drug-likeness (QED) is 0.759. The molecule has 0 radical (unpaired) electrons. The van der Waals surface area contributed by atoms with Crippen molar-refractivity contribution in [1.29, 1.82) is 0 Å². The Balaban J connectivity index is 0.000000172. The Labute approximate surface area is 180 Å². The van der Waals surface area contributed by atoms with Crippen LogP contribution < -0.4 is 16.0 Å². The molecule has 160 valence electrons. The largest absolute Gasteiger partial charge is 0.384 e. The second kappa shape index (κ2) is 11.5. The van der Waals surface area contributed by atoms with Gasteiger partial charge >= 0.3 is 0 Å². The number of hydrogen-bond acceptors (Lipinski definition) is 6. The van der Waals surface area contributed by atoms with Crippen LogP contribution >= 0.6 is 0 Å². The Morgan fingerprint density at radius 2 is 1.63 bits per heavy atom. The van der Waals surface area contributed by atoms with E-state index in [1.54, 1.807) is 0 Å². The number of benzene rings is 1. The van der Waals surface area contributed by atoms with Gasteiger partial charge in [-0.05, 0) is 30.3 Å². The number of nitrogens with one attached hydrogen (secondary N) is 1. The molecule has 3 N–H and O–H groups in total. The van der Waals surface area contributed by atoms with Crippen LogP contribution in [0.1, 0.15) is 12.5 Å². The number of anilines is 2. The Hall–Kier alpha value is -2.66. The topological polar surface area (TPSA) is 65.0 Å². The highest BCUT2D eigenvalue weighted by atomic mass is 15.3. The number of likely N-dealkylation sites (N-methyl/N-ethyl adjacent to an activating group) is 1. The van der Waals surface area contributed by atoms with Crippen molar-refractivity contribution >= 4 is 17.2 Å². The van der Waals surface area contributed by atoms with Crippen LogP contribution in [0.3, 0.4) is 0 Å². The van der Waals surface area contributed by atoms with E-state index in [2.05, 4.69) is 42.8 Å². The van der Waals surface area contributed by atoms with E-state index in [0.717, 1.165) is 52.4 Å². The van der Waals surface area contributed by atoms with Gasteiger partial charge in [0.05, 0.1) is 6.57 Å². The van der Waals surface area contributed by atoms with Crippen molar-refractivity contribution in [3.8, 4) is 0 Å². The van der Waals surface area contributed by atoms with Crippen LogP contribution in [0, 0.1) is 6.57 Å². The van der Waals surface area contributed by atoms with Gasteiger partial charge in [-0.1, -0.05) is 25.1 Å². The minimum atomic E-state index is 0.597. The summed E-state index contributed by atoms with van der Waals surface area (Å²) in [5.41, 5.74) is 8.75. The van der Waals surface area contributed by atoms with Crippen molar-refractivity contribution in [2.45, 2.75) is 13.5 Å². The second-order valence-corrected chi connectivity index (χ2v) is 7.67. The van der Waals surface area contributed by atoms with Gasteiger partial charge in [0.15, 0.2) is 5.69 Å². The van der Waals surface area contributed by atoms with Crippen molar-refractivity contribution in [2.24, 2.45) is 0 Å². The maximum Gasteiger partial charge on any atom is 0.187 e. The van der Waals surface area contributed by atoms with Gasteiger partial charge < -0.3 is 20.9 Å². The summed E-state index contributed by atoms with van der Waals surface area (Å²) in [5.74, 6) is 0.597. The number of nitrogen functional groups attached to an aromatic ring is 1. The summed E-state index contributed by atoms with van der Waals surface area (Å²) in [4.78, 5) is 14.8. The Kier molecular flexibility index (Phi) is 8.45. The lowest BCUT2D eigenvalue weighted by Gasteiger charge is -2.33. The molecule has 7 heteroatoms. The Morgan fingerprint density at radius 1 is 0.967 bits per heavy atom. The zero-order chi connectivity index (χ0) is 21.2. The van der Waals surface area contributed by atoms with E-state index in [4.69, 9.17) is 12.3 Å². The summed E-state index contributed by atoms with van der Waals surface area (Å²) >= 11 is 0. The molecule has 0 unspecified atom stereocenters. The highest BCUT2D eigenvalue weighted by Gasteiger charge is 2.15. The molecule has 1 aromatic heterocycles. The summed E-state index contributed by atoms with van der Waals surface area (Å²) in [6.45, 7) is 20.1. The lowest BCUT2D eigenvalue weighted by molar-refractivity contribution is 0.132. The molecule has 0 atom stereocenters. The fourth-order valence-electron chi connectivity index (χ4n) is 3.71. The molecule has 0 amide bonds. The maximum absolute atomic E-state index is 6.86. The first-order valence-electron chi connectivity index (χ1n) is 10.8. The third kappa shape index (κ3) is 6.70. The van der Waals surface area contributed by atoms with E-state index in [9.17, 15) is 0 Å². The van der Waals surface area contributed by atoms with Gasteiger partial charge in [0.25, 0.3) is 0 Å². The van der Waals surface area contributed by atoms with Crippen LogP contribution in [-0.4, -0.2) is 73.7 Å². The maximum atomic E-state index is 6.86. The number of aromatic nitrogens is 1. The highest BCUT2D eigenvalue weighted by Crippen LogP contribution is 2.19. The average Bonchev–Trinajstić information content (AvgIpc) is 2.82. The van der Waals surface area contributed by atoms with E-state index in [0.29, 0.717) is 11.5 Å². The fourth-order valence-corrected chi connectivity index (χ4v) is 3.71. The first kappa shape index (κ1) is 22.0. The van der Waals surface area contributed by atoms with Crippen LogP contribution in [0.25, 0.3) is 4.85 Å². The van der Waals surface area contributed by atoms with E-state index in [-0.39, 0.29) is 0 Å². The van der Waals surface area contributed by atoms with Gasteiger partial charge in [0.1, 0.15) is 5.82 Å². The summed E-state index contributed by atoms with van der Waals surface area (Å²) in [7, 11) is 0. The predicted molar refractivity (Wildman–Crippen MR) is 124 cm³/mol. The monoisotopic (exact) mass is 407 g/mol. The molecule has 2 aliphatic heterocycles. The minimum absolute atomic E-state index is 0.597. The van der Waals surface area contributed by atoms with Crippen LogP contribution in [0.15, 0.2) is 42.6 Å². The van der Waals surface area contributed by atoms with Crippen LogP contribution in [0.5, 0.6) is 0 Å². The van der Waals surface area contributed by atoms with Gasteiger partial charge in [-0.15, -0.1) is 0 Å². The van der Waals surface area contributed by atoms with Crippen LogP contribution in [0.2, 0.25) is 0 Å². The number of pyridine rings is 1. The number of rotatable bonds is 4. The second-order valence-electron chi connectivity index (χ2n) is 7.67. The van der Waals surface area contributed by atoms with Gasteiger partial charge in [-0.2, -0.15) is 0 Å². The van der Waals surface area contributed by atoms with Gasteiger partial charge in [0.2, 0.25) is 0 Å². The Bertz CT molecular complexity index is 784. The number of hydrogen-bond donors (Lipinski definition) is 2. The van der Waals surface area contributed by atoms with E-state index in [1.165, 1.54) is 24.3 Å². The SMILES string of the molecule is CCN1CCN(Cc2ccc(N)nc2)CC1.[C-]#[N+]c1ccc(N2CCNCC2)cc1. The minimum Gasteiger partial charge on any atom is -0.384 e.